The van der Waals surface area contributed by atoms with Crippen LogP contribution in [-0.4, -0.2) is 36.2 Å². The topological polar surface area (TPSA) is 68.8 Å². The predicted octanol–water partition coefficient (Wildman–Crippen LogP) is 4.82. The molecule has 4 aromatic rings. The maximum Gasteiger partial charge on any atom is 0.285 e. The van der Waals surface area contributed by atoms with Crippen LogP contribution in [0.4, 0.5) is 0 Å². The molecule has 0 aliphatic carbocycles. The molecule has 1 saturated heterocycles. The number of aromatic nitrogens is 3. The van der Waals surface area contributed by atoms with Gasteiger partial charge in [-0.05, 0) is 73.6 Å². The van der Waals surface area contributed by atoms with E-state index in [-0.39, 0.29) is 17.4 Å². The van der Waals surface area contributed by atoms with E-state index in [0.29, 0.717) is 30.8 Å². The third-order valence-electron chi connectivity index (χ3n) is 7.60. The molecule has 4 heterocycles. The number of carbonyl (C=O) groups excluding carboxylic acids is 1. The summed E-state index contributed by atoms with van der Waals surface area (Å²) in [5, 5.41) is 0. The molecule has 1 fully saturated rings. The average molecular weight is 582 g/mol. The smallest absolute Gasteiger partial charge is 0.285 e. The molecule has 7 nitrogen and oxygen atoms in total. The average Bonchev–Trinajstić information content (AvgIpc) is 3.51. The van der Waals surface area contributed by atoms with Crippen LogP contribution < -0.4 is 5.56 Å². The van der Waals surface area contributed by atoms with Gasteiger partial charge in [0.2, 0.25) is 0 Å². The third kappa shape index (κ3) is 3.52. The van der Waals surface area contributed by atoms with Crippen LogP contribution >= 0.6 is 22.9 Å². The van der Waals surface area contributed by atoms with Crippen molar-refractivity contribution in [3.05, 3.63) is 80.0 Å². The highest BCUT2D eigenvalue weighted by atomic mass is 127. The number of amides is 1. The van der Waals surface area contributed by atoms with E-state index in [2.05, 4.69) is 31.0 Å². The van der Waals surface area contributed by atoms with E-state index in [1.165, 1.54) is 22.3 Å². The number of imidazole rings is 1. The van der Waals surface area contributed by atoms with Crippen molar-refractivity contribution < 1.29 is 9.53 Å². The number of nitrogens with zero attached hydrogens (tertiary/aromatic N) is 4. The lowest BCUT2D eigenvalue weighted by molar-refractivity contribution is 0.0750. The monoisotopic (exact) mass is 582 g/mol. The molecule has 2 aliphatic heterocycles. The largest absolute Gasteiger partial charge is 0.381 e. The Morgan fingerprint density at radius 3 is 2.40 bits per heavy atom. The molecule has 1 atom stereocenters. The molecule has 1 amide bonds. The fourth-order valence-electron chi connectivity index (χ4n) is 5.58. The van der Waals surface area contributed by atoms with Crippen molar-refractivity contribution in [2.75, 3.05) is 13.2 Å². The van der Waals surface area contributed by atoms with Gasteiger partial charge in [0.1, 0.15) is 11.3 Å². The number of hydrogen-bond donors (Lipinski definition) is 0. The Morgan fingerprint density at radius 2 is 1.74 bits per heavy atom. The van der Waals surface area contributed by atoms with Crippen LogP contribution in [0.3, 0.4) is 0 Å². The molecule has 0 N–H and O–H groups in total. The van der Waals surface area contributed by atoms with Crippen molar-refractivity contribution in [1.29, 1.82) is 0 Å². The number of hydrogen-bond acceptors (Lipinski definition) is 4. The van der Waals surface area contributed by atoms with E-state index in [9.17, 15) is 9.59 Å². The molecule has 180 valence electrons. The maximum absolute atomic E-state index is 13.7. The van der Waals surface area contributed by atoms with Crippen molar-refractivity contribution in [3.8, 4) is 0 Å². The van der Waals surface area contributed by atoms with Gasteiger partial charge in [0, 0.05) is 31.2 Å². The van der Waals surface area contributed by atoms with Crippen molar-refractivity contribution in [2.24, 2.45) is 0 Å². The Morgan fingerprint density at radius 1 is 1.03 bits per heavy atom. The van der Waals surface area contributed by atoms with Crippen LogP contribution in [0.25, 0.3) is 16.6 Å². The second-order valence-electron chi connectivity index (χ2n) is 9.81. The van der Waals surface area contributed by atoms with E-state index in [1.54, 1.807) is 8.98 Å². The predicted molar refractivity (Wildman–Crippen MR) is 143 cm³/mol. The van der Waals surface area contributed by atoms with E-state index in [1.807, 2.05) is 51.2 Å². The van der Waals surface area contributed by atoms with Gasteiger partial charge in [0.15, 0.2) is 0 Å². The first-order chi connectivity index (χ1) is 16.8. The lowest BCUT2D eigenvalue weighted by atomic mass is 10.0. The van der Waals surface area contributed by atoms with Gasteiger partial charge >= 0.3 is 0 Å². The molecule has 2 aromatic carbocycles. The Hall–Kier alpha value is -2.72. The first-order valence-electron chi connectivity index (χ1n) is 12.0. The number of fused-ring (bicyclic) bond motifs is 4. The fraction of sp³-hybridized carbons (Fsp3) is 0.370. The van der Waals surface area contributed by atoms with Crippen LogP contribution in [0.2, 0.25) is 0 Å². The van der Waals surface area contributed by atoms with Crippen LogP contribution in [0.5, 0.6) is 0 Å². The van der Waals surface area contributed by atoms with Crippen molar-refractivity contribution in [2.45, 2.75) is 52.6 Å². The maximum atomic E-state index is 13.7. The van der Waals surface area contributed by atoms with E-state index in [4.69, 9.17) is 4.74 Å². The lowest BCUT2D eigenvalue weighted by Crippen LogP contribution is -2.27. The van der Waals surface area contributed by atoms with Crippen LogP contribution in [0.1, 0.15) is 62.8 Å². The molecule has 35 heavy (non-hydrogen) atoms. The SMILES string of the molecule is Cc1cc2c(cc1C(=O)N1Cc3c(C)ccc(C)c3C1)n(I)c(=O)c1cnc(C3CCCOC3)n12. The van der Waals surface area contributed by atoms with Crippen molar-refractivity contribution in [1.82, 2.24) is 17.1 Å². The van der Waals surface area contributed by atoms with Crippen LogP contribution in [-0.2, 0) is 17.8 Å². The number of carbonyl (C=O) groups is 1. The van der Waals surface area contributed by atoms with E-state index >= 15 is 0 Å². The van der Waals surface area contributed by atoms with Crippen molar-refractivity contribution >= 4 is 45.3 Å². The number of halogens is 1. The highest BCUT2D eigenvalue weighted by Crippen LogP contribution is 2.32. The van der Waals surface area contributed by atoms with Gasteiger partial charge < -0.3 is 9.64 Å². The summed E-state index contributed by atoms with van der Waals surface area (Å²) in [6.45, 7) is 8.79. The molecule has 0 saturated carbocycles. The molecule has 1 unspecified atom stereocenters. The Labute approximate surface area is 217 Å². The van der Waals surface area contributed by atoms with Crippen LogP contribution in [0.15, 0.2) is 35.3 Å². The molecule has 2 aromatic heterocycles. The Kier molecular flexibility index (Phi) is 5.48. The molecule has 2 aliphatic rings. The summed E-state index contributed by atoms with van der Waals surface area (Å²) in [4.78, 5) is 33.5. The zero-order chi connectivity index (χ0) is 24.4. The number of rotatable bonds is 2. The summed E-state index contributed by atoms with van der Waals surface area (Å²) in [5.74, 6) is 1.00. The van der Waals surface area contributed by atoms with E-state index in [0.717, 1.165) is 41.9 Å². The minimum absolute atomic E-state index is 0.00474. The third-order valence-corrected chi connectivity index (χ3v) is 8.56. The summed E-state index contributed by atoms with van der Waals surface area (Å²) in [5.41, 5.74) is 8.49. The van der Waals surface area contributed by atoms with Gasteiger partial charge in [0.05, 0.1) is 46.7 Å². The first-order valence-corrected chi connectivity index (χ1v) is 13.0. The molecule has 0 spiro atoms. The first kappa shape index (κ1) is 22.7. The zero-order valence-corrected chi connectivity index (χ0v) is 22.3. The molecular formula is C27H27IN4O3. The summed E-state index contributed by atoms with van der Waals surface area (Å²) in [7, 11) is 0. The highest BCUT2D eigenvalue weighted by molar-refractivity contribution is 14.1. The highest BCUT2D eigenvalue weighted by Gasteiger charge is 2.29. The van der Waals surface area contributed by atoms with Gasteiger partial charge in [-0.15, -0.1) is 0 Å². The van der Waals surface area contributed by atoms with Crippen LogP contribution in [0, 0.1) is 20.8 Å². The second-order valence-corrected chi connectivity index (χ2v) is 10.8. The summed E-state index contributed by atoms with van der Waals surface area (Å²) < 4.78 is 9.29. The lowest BCUT2D eigenvalue weighted by Gasteiger charge is -2.22. The normalized spacial score (nSPS) is 17.9. The fourth-order valence-corrected chi connectivity index (χ4v) is 6.21. The van der Waals surface area contributed by atoms with E-state index < -0.39 is 0 Å². The van der Waals surface area contributed by atoms with Gasteiger partial charge in [-0.3, -0.25) is 14.0 Å². The number of benzene rings is 2. The Balaban J connectivity index is 1.47. The molecule has 0 bridgehead atoms. The number of ether oxygens (including phenoxy) is 1. The minimum Gasteiger partial charge on any atom is -0.381 e. The summed E-state index contributed by atoms with van der Waals surface area (Å²) in [6.07, 6.45) is 3.63. The van der Waals surface area contributed by atoms with Gasteiger partial charge in [-0.25, -0.2) is 7.76 Å². The molecular weight excluding hydrogens is 555 g/mol. The minimum atomic E-state index is -0.129. The summed E-state index contributed by atoms with van der Waals surface area (Å²) in [6, 6.07) is 8.16. The second kappa shape index (κ2) is 8.44. The van der Waals surface area contributed by atoms with Gasteiger partial charge in [-0.2, -0.15) is 0 Å². The zero-order valence-electron chi connectivity index (χ0n) is 20.1. The Bertz CT molecular complexity index is 1550. The quantitative estimate of drug-likeness (QED) is 0.318. The van der Waals surface area contributed by atoms with Crippen molar-refractivity contribution in [3.63, 3.8) is 0 Å². The standard InChI is InChI=1S/C27H27IN4O3/c1-15-6-7-16(2)21-13-30(12-20(15)21)26(33)19-10-23-22(9-17(19)3)31-24(27(34)32(23)28)11-29-25(31)18-5-4-8-35-14-18/h6-7,9-11,18H,4-5,8,12-14H2,1-3H3. The number of aryl methyl sites for hydroxylation is 3. The van der Waals surface area contributed by atoms with Gasteiger partial charge in [0.25, 0.3) is 11.5 Å². The van der Waals surface area contributed by atoms with Gasteiger partial charge in [-0.1, -0.05) is 12.1 Å². The molecule has 8 heteroatoms. The molecule has 0 radical (unpaired) electrons. The molecule has 6 rings (SSSR count). The summed E-state index contributed by atoms with van der Waals surface area (Å²) >= 11 is 2.04.